The second kappa shape index (κ2) is 8.60. The molecule has 2 aromatic rings. The zero-order chi connectivity index (χ0) is 22.4. The van der Waals surface area contributed by atoms with Crippen LogP contribution in [-0.2, 0) is 24.9 Å². The van der Waals surface area contributed by atoms with Crippen molar-refractivity contribution in [3.05, 3.63) is 39.7 Å². The number of likely N-dealkylation sites (tertiary alicyclic amines) is 1. The molecule has 2 aliphatic heterocycles. The second-order valence-corrected chi connectivity index (χ2v) is 9.68. The molecule has 0 spiro atoms. The number of hydrogen-bond donors (Lipinski definition) is 0. The Morgan fingerprint density at radius 1 is 1.12 bits per heavy atom. The number of ether oxygens (including phenoxy) is 2. The van der Waals surface area contributed by atoms with Gasteiger partial charge in [-0.05, 0) is 51.2 Å². The lowest BCUT2D eigenvalue weighted by Gasteiger charge is -2.31. The number of aromatic nitrogens is 2. The molecule has 1 saturated carbocycles. The Morgan fingerprint density at radius 3 is 2.53 bits per heavy atom. The van der Waals surface area contributed by atoms with E-state index in [1.165, 1.54) is 24.1 Å². The number of fused-ring (bicyclic) bond motifs is 1. The summed E-state index contributed by atoms with van der Waals surface area (Å²) in [6.45, 7) is 6.62. The first-order valence-corrected chi connectivity index (χ1v) is 11.9. The van der Waals surface area contributed by atoms with Gasteiger partial charge in [0.2, 0.25) is 12.7 Å². The fraction of sp³-hybridized carbons (Fsp3) is 0.583. The first-order chi connectivity index (χ1) is 15.4. The maximum Gasteiger partial charge on any atom is 0.231 e. The summed E-state index contributed by atoms with van der Waals surface area (Å²) in [6.07, 6.45) is 4.95. The van der Waals surface area contributed by atoms with Gasteiger partial charge in [-0.15, -0.1) is 0 Å². The number of amides is 1. The van der Waals surface area contributed by atoms with Crippen molar-refractivity contribution in [2.45, 2.75) is 71.1 Å². The lowest BCUT2D eigenvalue weighted by atomic mass is 10.0. The van der Waals surface area contributed by atoms with Gasteiger partial charge in [0.1, 0.15) is 0 Å². The van der Waals surface area contributed by atoms with Crippen LogP contribution in [0.1, 0.15) is 54.6 Å². The Hall–Kier alpha value is -2.25. The van der Waals surface area contributed by atoms with E-state index in [1.54, 1.807) is 6.07 Å². The monoisotopic (exact) mass is 458 g/mol. The Balaban J connectivity index is 1.29. The highest BCUT2D eigenvalue weighted by Gasteiger charge is 2.36. The highest BCUT2D eigenvalue weighted by Crippen LogP contribution is 2.38. The summed E-state index contributed by atoms with van der Waals surface area (Å²) in [7, 11) is 2.01. The summed E-state index contributed by atoms with van der Waals surface area (Å²) in [4.78, 5) is 17.6. The highest BCUT2D eigenvalue weighted by atomic mass is 35.5. The minimum Gasteiger partial charge on any atom is -0.454 e. The first kappa shape index (κ1) is 21.6. The molecule has 1 aromatic carbocycles. The average molecular weight is 459 g/mol. The fourth-order valence-electron chi connectivity index (χ4n) is 5.00. The zero-order valence-corrected chi connectivity index (χ0v) is 19.8. The number of carbonyl (C=O) groups is 1. The number of carbonyl (C=O) groups excluding carboxylic acids is 1. The maximum atomic E-state index is 13.0. The molecule has 0 bridgehead atoms. The van der Waals surface area contributed by atoms with Crippen LogP contribution < -0.4 is 9.47 Å². The molecule has 3 aliphatic rings. The van der Waals surface area contributed by atoms with Gasteiger partial charge in [-0.3, -0.25) is 14.4 Å². The van der Waals surface area contributed by atoms with Gasteiger partial charge < -0.3 is 14.4 Å². The Kier molecular flexibility index (Phi) is 5.80. The largest absolute Gasteiger partial charge is 0.454 e. The lowest BCUT2D eigenvalue weighted by Crippen LogP contribution is -2.37. The lowest BCUT2D eigenvalue weighted by molar-refractivity contribution is -0.131. The average Bonchev–Trinajstić information content (AvgIpc) is 3.49. The van der Waals surface area contributed by atoms with Crippen molar-refractivity contribution >= 4 is 17.5 Å². The summed E-state index contributed by atoms with van der Waals surface area (Å²) < 4.78 is 12.9. The normalized spacial score (nSPS) is 20.8. The third-order valence-electron chi connectivity index (χ3n) is 7.16. The van der Waals surface area contributed by atoms with Gasteiger partial charge in [-0.25, -0.2) is 0 Å². The highest BCUT2D eigenvalue weighted by molar-refractivity contribution is 6.31. The van der Waals surface area contributed by atoms with Crippen molar-refractivity contribution in [1.29, 1.82) is 0 Å². The third kappa shape index (κ3) is 4.20. The summed E-state index contributed by atoms with van der Waals surface area (Å²) in [6, 6.07) is 4.73. The molecule has 3 heterocycles. The number of benzene rings is 1. The van der Waals surface area contributed by atoms with Crippen molar-refractivity contribution in [2.24, 2.45) is 7.05 Å². The molecule has 1 amide bonds. The minimum atomic E-state index is 0.200. The molecule has 32 heavy (non-hydrogen) atoms. The van der Waals surface area contributed by atoms with E-state index in [0.717, 1.165) is 37.2 Å². The molecule has 8 heteroatoms. The van der Waals surface area contributed by atoms with Crippen molar-refractivity contribution in [3.63, 3.8) is 0 Å². The van der Waals surface area contributed by atoms with E-state index in [4.69, 9.17) is 21.1 Å². The zero-order valence-electron chi connectivity index (χ0n) is 19.1. The molecule has 1 atom stereocenters. The van der Waals surface area contributed by atoms with Crippen LogP contribution in [0.2, 0.25) is 5.02 Å². The number of halogens is 1. The molecule has 172 valence electrons. The van der Waals surface area contributed by atoms with E-state index in [2.05, 4.69) is 23.8 Å². The topological polar surface area (TPSA) is 59.8 Å². The Bertz CT molecular complexity index is 1030. The molecule has 1 saturated heterocycles. The molecule has 0 unspecified atom stereocenters. The minimum absolute atomic E-state index is 0.200. The smallest absolute Gasteiger partial charge is 0.231 e. The standard InChI is InChI=1S/C24H31ClN4O3/c1-15-20(16(2)27(3)26-15)13-29(18-4-5-18)19-6-7-24(30)28(9-8-19)12-17-10-22-23(11-21(17)25)32-14-31-22/h10-11,18-19H,4-9,12-14H2,1-3H3/t19-/m0/s1. The van der Waals surface area contributed by atoms with Gasteiger partial charge in [0.05, 0.1) is 5.69 Å². The third-order valence-corrected chi connectivity index (χ3v) is 7.52. The second-order valence-electron chi connectivity index (χ2n) is 9.27. The van der Waals surface area contributed by atoms with E-state index in [-0.39, 0.29) is 12.7 Å². The quantitative estimate of drug-likeness (QED) is 0.655. The van der Waals surface area contributed by atoms with E-state index in [9.17, 15) is 4.79 Å². The van der Waals surface area contributed by atoms with Gasteiger partial charge in [0.15, 0.2) is 11.5 Å². The molecule has 1 aromatic heterocycles. The number of aryl methyl sites for hydroxylation is 2. The molecule has 0 radical (unpaired) electrons. The van der Waals surface area contributed by atoms with Crippen LogP contribution in [0, 0.1) is 13.8 Å². The Morgan fingerprint density at radius 2 is 1.84 bits per heavy atom. The maximum absolute atomic E-state index is 13.0. The van der Waals surface area contributed by atoms with Crippen molar-refractivity contribution < 1.29 is 14.3 Å². The van der Waals surface area contributed by atoms with Crippen LogP contribution in [-0.4, -0.2) is 50.9 Å². The van der Waals surface area contributed by atoms with Crippen molar-refractivity contribution in [3.8, 4) is 11.5 Å². The molecular weight excluding hydrogens is 428 g/mol. The number of hydrogen-bond acceptors (Lipinski definition) is 5. The SMILES string of the molecule is Cc1nn(C)c(C)c1CN(C1CC1)[C@H]1CCC(=O)N(Cc2cc3c(cc2Cl)OCO3)CC1. The first-order valence-electron chi connectivity index (χ1n) is 11.5. The predicted octanol–water partition coefficient (Wildman–Crippen LogP) is 3.96. The fourth-order valence-corrected chi connectivity index (χ4v) is 5.21. The number of rotatable bonds is 6. The van der Waals surface area contributed by atoms with Gasteiger partial charge in [-0.1, -0.05) is 11.6 Å². The van der Waals surface area contributed by atoms with Crippen molar-refractivity contribution in [1.82, 2.24) is 19.6 Å². The van der Waals surface area contributed by atoms with Crippen LogP contribution >= 0.6 is 11.6 Å². The van der Waals surface area contributed by atoms with Gasteiger partial charge >= 0.3 is 0 Å². The molecule has 7 nitrogen and oxygen atoms in total. The van der Waals surface area contributed by atoms with E-state index in [0.29, 0.717) is 41.6 Å². The van der Waals surface area contributed by atoms with E-state index < -0.39 is 0 Å². The molecule has 0 N–H and O–H groups in total. The molecule has 1 aliphatic carbocycles. The van der Waals surface area contributed by atoms with Gasteiger partial charge in [-0.2, -0.15) is 5.10 Å². The summed E-state index contributed by atoms with van der Waals surface area (Å²) in [5, 5.41) is 5.22. The molecule has 2 fully saturated rings. The van der Waals surface area contributed by atoms with Crippen LogP contribution in [0.3, 0.4) is 0 Å². The number of nitrogens with zero attached hydrogens (tertiary/aromatic N) is 4. The predicted molar refractivity (Wildman–Crippen MR) is 122 cm³/mol. The van der Waals surface area contributed by atoms with Gasteiger partial charge in [0.25, 0.3) is 0 Å². The Labute approximate surface area is 194 Å². The van der Waals surface area contributed by atoms with Crippen LogP contribution in [0.15, 0.2) is 12.1 Å². The molecular formula is C24H31ClN4O3. The molecule has 5 rings (SSSR count). The van der Waals surface area contributed by atoms with Crippen LogP contribution in [0.25, 0.3) is 0 Å². The summed E-state index contributed by atoms with van der Waals surface area (Å²) in [5.74, 6) is 1.57. The summed E-state index contributed by atoms with van der Waals surface area (Å²) in [5.41, 5.74) is 4.58. The van der Waals surface area contributed by atoms with Crippen molar-refractivity contribution in [2.75, 3.05) is 13.3 Å². The van der Waals surface area contributed by atoms with E-state index in [1.807, 2.05) is 22.7 Å². The summed E-state index contributed by atoms with van der Waals surface area (Å²) >= 11 is 6.48. The van der Waals surface area contributed by atoms with E-state index >= 15 is 0 Å². The van der Waals surface area contributed by atoms with Crippen LogP contribution in [0.4, 0.5) is 0 Å². The van der Waals surface area contributed by atoms with Gasteiger partial charge in [0, 0.05) is 67.5 Å². The van der Waals surface area contributed by atoms with Crippen LogP contribution in [0.5, 0.6) is 11.5 Å².